The van der Waals surface area contributed by atoms with Gasteiger partial charge in [0, 0.05) is 51.7 Å². The Kier molecular flexibility index (Phi) is 6.87. The Bertz CT molecular complexity index is 968. The highest BCUT2D eigenvalue weighted by Gasteiger charge is 2.44. The lowest BCUT2D eigenvalue weighted by molar-refractivity contribution is -0.141. The quantitative estimate of drug-likeness (QED) is 0.342. The fourth-order valence-corrected chi connectivity index (χ4v) is 6.14. The molecule has 0 aromatic heterocycles. The number of rotatable bonds is 6. The topological polar surface area (TPSA) is 102 Å². The molecule has 182 valence electrons. The number of likely N-dealkylation sites (tertiary alicyclic amines) is 1. The van der Waals surface area contributed by atoms with E-state index in [1.54, 1.807) is 0 Å². The van der Waals surface area contributed by atoms with Crippen LogP contribution in [0, 0.1) is 0 Å². The first kappa shape index (κ1) is 23.3. The highest BCUT2D eigenvalue weighted by atomic mass is 16.2. The summed E-state index contributed by atoms with van der Waals surface area (Å²) in [7, 11) is 0. The Labute approximate surface area is 199 Å². The van der Waals surface area contributed by atoms with Crippen molar-refractivity contribution in [2.75, 3.05) is 39.3 Å². The van der Waals surface area contributed by atoms with E-state index < -0.39 is 17.9 Å². The molecule has 4 aliphatic rings. The first-order valence-electron chi connectivity index (χ1n) is 12.4. The van der Waals surface area contributed by atoms with Crippen LogP contribution in [0.25, 0.3) is 0 Å². The maximum atomic E-state index is 12.8. The van der Waals surface area contributed by atoms with Gasteiger partial charge in [-0.05, 0) is 49.0 Å². The van der Waals surface area contributed by atoms with Gasteiger partial charge in [0.25, 0.3) is 0 Å². The molecule has 9 heteroatoms. The molecule has 3 saturated heterocycles. The monoisotopic (exact) mass is 467 g/mol. The molecule has 5 rings (SSSR count). The Balaban J connectivity index is 1.32. The summed E-state index contributed by atoms with van der Waals surface area (Å²) >= 11 is 0. The van der Waals surface area contributed by atoms with Crippen molar-refractivity contribution in [3.05, 3.63) is 34.9 Å². The molecule has 2 unspecified atom stereocenters. The number of hydrogen-bond donors (Lipinski definition) is 2. The van der Waals surface area contributed by atoms with Gasteiger partial charge in [0.05, 0.1) is 6.04 Å². The molecule has 0 bridgehead atoms. The number of benzene rings is 1. The van der Waals surface area contributed by atoms with Gasteiger partial charge in [-0.2, -0.15) is 0 Å². The van der Waals surface area contributed by atoms with Crippen LogP contribution >= 0.6 is 0 Å². The van der Waals surface area contributed by atoms with Gasteiger partial charge in [0.2, 0.25) is 17.6 Å². The van der Waals surface area contributed by atoms with Gasteiger partial charge in [-0.15, -0.1) is 0 Å². The van der Waals surface area contributed by atoms with E-state index >= 15 is 0 Å². The van der Waals surface area contributed by atoms with Crippen molar-refractivity contribution in [3.8, 4) is 0 Å². The van der Waals surface area contributed by atoms with Crippen LogP contribution in [0.15, 0.2) is 18.2 Å². The number of nitrogens with one attached hydrogen (secondary N) is 2. The van der Waals surface area contributed by atoms with Crippen LogP contribution in [0.1, 0.15) is 48.4 Å². The number of carbonyl (C=O) groups excluding carboxylic acids is 4. The standard InChI is InChI=1S/C25H33N5O4/c31-16-21(32)24-23-17(14-28-10-6-19(7-11-28)29-12-8-26-9-13-29)2-1-3-18(23)15-30(24)20-4-5-22(33)27-25(20)34/h1-3,16,19-20,24,26H,4-15H2,(H,27,33,34). The highest BCUT2D eigenvalue weighted by molar-refractivity contribution is 6.27. The number of aldehydes is 1. The Morgan fingerprint density at radius 2 is 1.82 bits per heavy atom. The normalized spacial score (nSPS) is 27.4. The first-order valence-corrected chi connectivity index (χ1v) is 12.4. The molecular formula is C25H33N5O4. The molecule has 1 aromatic rings. The van der Waals surface area contributed by atoms with E-state index in [0.29, 0.717) is 25.3 Å². The third kappa shape index (κ3) is 4.57. The number of nitrogens with zero attached hydrogens (tertiary/aromatic N) is 3. The molecule has 0 spiro atoms. The maximum Gasteiger partial charge on any atom is 0.243 e. The second kappa shape index (κ2) is 10.0. The summed E-state index contributed by atoms with van der Waals surface area (Å²) in [6.07, 6.45) is 3.23. The molecule has 0 radical (unpaired) electrons. The number of carbonyl (C=O) groups is 4. The Morgan fingerprint density at radius 1 is 1.06 bits per heavy atom. The third-order valence-electron chi connectivity index (χ3n) is 7.86. The largest absolute Gasteiger partial charge is 0.314 e. The SMILES string of the molecule is O=CC(=O)C1c2c(CN3CCC(N4CCNCC4)CC3)cccc2CN1C1CCC(=O)NC1=O. The minimum atomic E-state index is -0.772. The Morgan fingerprint density at radius 3 is 2.53 bits per heavy atom. The fourth-order valence-electron chi connectivity index (χ4n) is 6.14. The van der Waals surface area contributed by atoms with Crippen LogP contribution < -0.4 is 10.6 Å². The highest BCUT2D eigenvalue weighted by Crippen LogP contribution is 2.40. The lowest BCUT2D eigenvalue weighted by atomic mass is 9.93. The molecule has 4 heterocycles. The van der Waals surface area contributed by atoms with Crippen molar-refractivity contribution in [1.29, 1.82) is 0 Å². The van der Waals surface area contributed by atoms with Crippen LogP contribution in [-0.2, 0) is 32.3 Å². The summed E-state index contributed by atoms with van der Waals surface area (Å²) in [5, 5.41) is 5.81. The van der Waals surface area contributed by atoms with Gasteiger partial charge < -0.3 is 5.32 Å². The molecular weight excluding hydrogens is 434 g/mol. The number of imide groups is 1. The maximum absolute atomic E-state index is 12.8. The zero-order valence-electron chi connectivity index (χ0n) is 19.5. The molecule has 2 N–H and O–H groups in total. The second-order valence-electron chi connectivity index (χ2n) is 9.85. The molecule has 4 aliphatic heterocycles. The van der Waals surface area contributed by atoms with E-state index in [2.05, 4.69) is 20.4 Å². The number of hydrogen-bond acceptors (Lipinski definition) is 8. The molecule has 0 saturated carbocycles. The summed E-state index contributed by atoms with van der Waals surface area (Å²) in [6.45, 7) is 7.50. The second-order valence-corrected chi connectivity index (χ2v) is 9.85. The van der Waals surface area contributed by atoms with Crippen LogP contribution in [0.4, 0.5) is 0 Å². The van der Waals surface area contributed by atoms with Gasteiger partial charge in [-0.1, -0.05) is 18.2 Å². The Hall–Kier alpha value is -2.46. The molecule has 1 aromatic carbocycles. The van der Waals surface area contributed by atoms with Gasteiger partial charge in [0.1, 0.15) is 6.04 Å². The van der Waals surface area contributed by atoms with Crippen LogP contribution in [-0.4, -0.2) is 89.9 Å². The minimum Gasteiger partial charge on any atom is -0.314 e. The number of amides is 2. The van der Waals surface area contributed by atoms with Crippen molar-refractivity contribution >= 4 is 23.9 Å². The van der Waals surface area contributed by atoms with Crippen molar-refractivity contribution in [2.24, 2.45) is 0 Å². The van der Waals surface area contributed by atoms with E-state index in [-0.39, 0.29) is 18.2 Å². The molecule has 3 fully saturated rings. The van der Waals surface area contributed by atoms with Gasteiger partial charge >= 0.3 is 0 Å². The number of fused-ring (bicyclic) bond motifs is 1. The summed E-state index contributed by atoms with van der Waals surface area (Å²) in [5.74, 6) is -1.21. The van der Waals surface area contributed by atoms with Crippen molar-refractivity contribution in [2.45, 2.75) is 56.9 Å². The van der Waals surface area contributed by atoms with Crippen LogP contribution in [0.2, 0.25) is 0 Å². The summed E-state index contributed by atoms with van der Waals surface area (Å²) < 4.78 is 0. The van der Waals surface area contributed by atoms with E-state index in [1.165, 1.54) is 0 Å². The lowest BCUT2D eigenvalue weighted by Crippen LogP contribution is -2.53. The van der Waals surface area contributed by atoms with Gasteiger partial charge in [-0.25, -0.2) is 0 Å². The number of ketones is 1. The van der Waals surface area contributed by atoms with Crippen molar-refractivity contribution < 1.29 is 19.2 Å². The predicted octanol–water partition coefficient (Wildman–Crippen LogP) is -0.0139. The zero-order chi connectivity index (χ0) is 23.7. The molecule has 9 nitrogen and oxygen atoms in total. The van der Waals surface area contributed by atoms with E-state index in [4.69, 9.17) is 0 Å². The summed E-state index contributed by atoms with van der Waals surface area (Å²) in [6, 6.07) is 5.28. The van der Waals surface area contributed by atoms with Gasteiger partial charge in [-0.3, -0.25) is 39.2 Å². The third-order valence-corrected chi connectivity index (χ3v) is 7.86. The van der Waals surface area contributed by atoms with E-state index in [0.717, 1.165) is 75.3 Å². The number of piperazine rings is 1. The van der Waals surface area contributed by atoms with Gasteiger partial charge in [0.15, 0.2) is 6.29 Å². The van der Waals surface area contributed by atoms with E-state index in [9.17, 15) is 19.2 Å². The molecule has 0 aliphatic carbocycles. The average molecular weight is 468 g/mol. The summed E-state index contributed by atoms with van der Waals surface area (Å²) in [4.78, 5) is 55.5. The summed E-state index contributed by atoms with van der Waals surface area (Å²) in [5.41, 5.74) is 2.90. The predicted molar refractivity (Wildman–Crippen MR) is 125 cm³/mol. The smallest absolute Gasteiger partial charge is 0.243 e. The molecule has 34 heavy (non-hydrogen) atoms. The number of Topliss-reactive ketones (excluding diaryl/α,β-unsaturated/α-hetero) is 1. The zero-order valence-corrected chi connectivity index (χ0v) is 19.5. The van der Waals surface area contributed by atoms with Crippen molar-refractivity contribution in [3.63, 3.8) is 0 Å². The van der Waals surface area contributed by atoms with Crippen molar-refractivity contribution in [1.82, 2.24) is 25.3 Å². The lowest BCUT2D eigenvalue weighted by Gasteiger charge is -2.40. The molecule has 2 amide bonds. The fraction of sp³-hybridized carbons (Fsp3) is 0.600. The van der Waals surface area contributed by atoms with Crippen LogP contribution in [0.5, 0.6) is 0 Å². The van der Waals surface area contributed by atoms with Crippen LogP contribution in [0.3, 0.4) is 0 Å². The average Bonchev–Trinajstić information content (AvgIpc) is 3.25. The first-order chi connectivity index (χ1) is 16.5. The number of piperidine rings is 2. The molecule has 2 atom stereocenters. The van der Waals surface area contributed by atoms with E-state index in [1.807, 2.05) is 23.1 Å². The minimum absolute atomic E-state index is 0.236.